The normalized spacial score (nSPS) is 10.8. The van der Waals surface area contributed by atoms with Crippen molar-refractivity contribution in [2.24, 2.45) is 5.73 Å². The van der Waals surface area contributed by atoms with Gasteiger partial charge in [-0.25, -0.2) is 13.2 Å². The lowest BCUT2D eigenvalue weighted by atomic mass is 9.97. The van der Waals surface area contributed by atoms with Gasteiger partial charge in [0.1, 0.15) is 5.82 Å². The number of aromatic nitrogens is 1. The van der Waals surface area contributed by atoms with Crippen molar-refractivity contribution in [3.05, 3.63) is 143 Å². The molecule has 0 spiro atoms. The SMILES string of the molecule is C=CN.CNc1ccnc(C)c1.Cc1ccc(Cc2cc(F)cc(CC(F)(F)C(F)F)c2)cc1C(F)(F)F.Cc1ccccc1. The number of nitrogens with two attached hydrogens (primary N) is 1. The van der Waals surface area contributed by atoms with Crippen LogP contribution in [0.25, 0.3) is 0 Å². The van der Waals surface area contributed by atoms with Gasteiger partial charge in [-0.05, 0) is 86.0 Å². The molecule has 244 valence electrons. The smallest absolute Gasteiger partial charge is 0.405 e. The number of aryl methyl sites for hydroxylation is 3. The van der Waals surface area contributed by atoms with Crippen LogP contribution < -0.4 is 11.1 Å². The molecule has 11 heteroatoms. The lowest BCUT2D eigenvalue weighted by molar-refractivity contribution is -0.138. The van der Waals surface area contributed by atoms with Crippen LogP contribution in [0, 0.1) is 26.6 Å². The van der Waals surface area contributed by atoms with Crippen molar-refractivity contribution in [1.29, 1.82) is 0 Å². The molecule has 45 heavy (non-hydrogen) atoms. The Labute approximate surface area is 258 Å². The van der Waals surface area contributed by atoms with E-state index in [1.54, 1.807) is 6.20 Å². The summed E-state index contributed by atoms with van der Waals surface area (Å²) in [6, 6.07) is 20.5. The van der Waals surface area contributed by atoms with Gasteiger partial charge < -0.3 is 11.1 Å². The number of halogens is 8. The maximum Gasteiger partial charge on any atom is 0.416 e. The minimum Gasteiger partial charge on any atom is -0.405 e. The van der Waals surface area contributed by atoms with Crippen molar-refractivity contribution >= 4 is 5.69 Å². The molecule has 0 unspecified atom stereocenters. The molecule has 3 nitrogen and oxygen atoms in total. The predicted octanol–water partition coefficient (Wildman–Crippen LogP) is 9.70. The molecule has 1 heterocycles. The van der Waals surface area contributed by atoms with E-state index in [9.17, 15) is 35.1 Å². The topological polar surface area (TPSA) is 50.9 Å². The van der Waals surface area contributed by atoms with Crippen molar-refractivity contribution in [3.8, 4) is 0 Å². The third kappa shape index (κ3) is 14.7. The monoisotopic (exact) mass is 639 g/mol. The maximum absolute atomic E-state index is 13.6. The molecular formula is C34H37F8N3. The van der Waals surface area contributed by atoms with Gasteiger partial charge in [0, 0.05) is 31.0 Å². The molecule has 0 amide bonds. The summed E-state index contributed by atoms with van der Waals surface area (Å²) in [6.45, 7) is 8.49. The highest BCUT2D eigenvalue weighted by Gasteiger charge is 2.40. The van der Waals surface area contributed by atoms with E-state index in [-0.39, 0.29) is 28.7 Å². The molecule has 4 rings (SSSR count). The van der Waals surface area contributed by atoms with Crippen molar-refractivity contribution in [2.45, 2.75) is 52.1 Å². The highest BCUT2D eigenvalue weighted by atomic mass is 19.4. The second-order valence-electron chi connectivity index (χ2n) is 9.86. The van der Waals surface area contributed by atoms with Crippen LogP contribution >= 0.6 is 0 Å². The average Bonchev–Trinajstić information content (AvgIpc) is 2.94. The second-order valence-corrected chi connectivity index (χ2v) is 9.86. The third-order valence-electron chi connectivity index (χ3n) is 5.92. The Hall–Kier alpha value is -4.41. The zero-order valence-corrected chi connectivity index (χ0v) is 25.4. The van der Waals surface area contributed by atoms with E-state index in [0.29, 0.717) is 6.07 Å². The molecule has 4 aromatic rings. The summed E-state index contributed by atoms with van der Waals surface area (Å²) >= 11 is 0. The number of hydrogen-bond acceptors (Lipinski definition) is 3. The lowest BCUT2D eigenvalue weighted by Crippen LogP contribution is -2.29. The fourth-order valence-electron chi connectivity index (χ4n) is 3.83. The minimum absolute atomic E-state index is 0.0118. The summed E-state index contributed by atoms with van der Waals surface area (Å²) in [5.74, 6) is -5.25. The van der Waals surface area contributed by atoms with Gasteiger partial charge in [0.05, 0.1) is 5.56 Å². The molecule has 0 saturated carbocycles. The van der Waals surface area contributed by atoms with Gasteiger partial charge in [-0.2, -0.15) is 22.0 Å². The first-order valence-corrected chi connectivity index (χ1v) is 13.6. The van der Waals surface area contributed by atoms with E-state index >= 15 is 0 Å². The Morgan fingerprint density at radius 2 is 1.44 bits per heavy atom. The first kappa shape index (κ1) is 38.6. The number of hydrogen-bond donors (Lipinski definition) is 2. The van der Waals surface area contributed by atoms with Crippen LogP contribution in [0.2, 0.25) is 0 Å². The van der Waals surface area contributed by atoms with E-state index in [0.717, 1.165) is 29.6 Å². The molecule has 0 saturated heterocycles. The van der Waals surface area contributed by atoms with Crippen LogP contribution in [-0.2, 0) is 19.0 Å². The number of nitrogens with one attached hydrogen (secondary N) is 1. The zero-order valence-electron chi connectivity index (χ0n) is 25.4. The number of nitrogens with zero attached hydrogens (tertiary/aromatic N) is 1. The van der Waals surface area contributed by atoms with Gasteiger partial charge in [0.15, 0.2) is 0 Å². The number of rotatable bonds is 6. The molecule has 0 aliphatic rings. The van der Waals surface area contributed by atoms with E-state index < -0.39 is 36.3 Å². The number of alkyl halides is 7. The first-order chi connectivity index (χ1) is 21.0. The minimum atomic E-state index is -4.56. The highest BCUT2D eigenvalue weighted by Crippen LogP contribution is 2.33. The molecule has 0 aliphatic heterocycles. The van der Waals surface area contributed by atoms with Crippen molar-refractivity contribution in [3.63, 3.8) is 0 Å². The van der Waals surface area contributed by atoms with Crippen LogP contribution in [-0.4, -0.2) is 24.4 Å². The van der Waals surface area contributed by atoms with E-state index in [1.807, 2.05) is 44.3 Å². The molecule has 0 fully saturated rings. The van der Waals surface area contributed by atoms with Crippen LogP contribution in [0.15, 0.2) is 97.8 Å². The van der Waals surface area contributed by atoms with Crippen LogP contribution in [0.1, 0.15) is 39.1 Å². The van der Waals surface area contributed by atoms with Crippen LogP contribution in [0.3, 0.4) is 0 Å². The van der Waals surface area contributed by atoms with Gasteiger partial charge in [-0.3, -0.25) is 4.98 Å². The molecule has 3 N–H and O–H groups in total. The summed E-state index contributed by atoms with van der Waals surface area (Å²) < 4.78 is 103. The number of anilines is 1. The van der Waals surface area contributed by atoms with Crippen molar-refractivity contribution < 1.29 is 35.1 Å². The Kier molecular flexibility index (Phi) is 15.8. The molecule has 0 radical (unpaired) electrons. The van der Waals surface area contributed by atoms with Gasteiger partial charge in [-0.15, -0.1) is 0 Å². The predicted molar refractivity (Wildman–Crippen MR) is 164 cm³/mol. The summed E-state index contributed by atoms with van der Waals surface area (Å²) in [5, 5.41) is 3.03. The summed E-state index contributed by atoms with van der Waals surface area (Å²) in [7, 11) is 1.90. The summed E-state index contributed by atoms with van der Waals surface area (Å²) in [6.07, 6.45) is -6.94. The molecule has 0 atom stereocenters. The van der Waals surface area contributed by atoms with E-state index in [1.165, 1.54) is 30.8 Å². The van der Waals surface area contributed by atoms with Crippen molar-refractivity contribution in [1.82, 2.24) is 4.98 Å². The quantitative estimate of drug-likeness (QED) is 0.207. The van der Waals surface area contributed by atoms with Gasteiger partial charge in [-0.1, -0.05) is 60.7 Å². The third-order valence-corrected chi connectivity index (χ3v) is 5.92. The van der Waals surface area contributed by atoms with Crippen LogP contribution in [0.5, 0.6) is 0 Å². The fraction of sp³-hybridized carbons (Fsp3) is 0.265. The number of benzene rings is 3. The summed E-state index contributed by atoms with van der Waals surface area (Å²) in [5.41, 5.74) is 7.20. The first-order valence-electron chi connectivity index (χ1n) is 13.6. The Morgan fingerprint density at radius 3 is 1.91 bits per heavy atom. The largest absolute Gasteiger partial charge is 0.416 e. The van der Waals surface area contributed by atoms with Gasteiger partial charge in [0.2, 0.25) is 0 Å². The van der Waals surface area contributed by atoms with E-state index in [4.69, 9.17) is 0 Å². The Bertz CT molecular complexity index is 1460. The van der Waals surface area contributed by atoms with Gasteiger partial charge >= 0.3 is 18.5 Å². The Morgan fingerprint density at radius 1 is 0.844 bits per heavy atom. The average molecular weight is 640 g/mol. The number of pyridine rings is 1. The van der Waals surface area contributed by atoms with Gasteiger partial charge in [0.25, 0.3) is 0 Å². The lowest BCUT2D eigenvalue weighted by Gasteiger charge is -2.16. The summed E-state index contributed by atoms with van der Waals surface area (Å²) in [4.78, 5) is 4.05. The second kappa shape index (κ2) is 18.4. The molecule has 3 aromatic carbocycles. The zero-order chi connectivity index (χ0) is 34.2. The molecule has 0 bridgehead atoms. The molecular weight excluding hydrogens is 602 g/mol. The van der Waals surface area contributed by atoms with E-state index in [2.05, 4.69) is 41.7 Å². The van der Waals surface area contributed by atoms with Crippen molar-refractivity contribution in [2.75, 3.05) is 12.4 Å². The fourth-order valence-corrected chi connectivity index (χ4v) is 3.83. The molecule has 1 aromatic heterocycles. The maximum atomic E-state index is 13.6. The highest BCUT2D eigenvalue weighted by molar-refractivity contribution is 5.42. The molecule has 0 aliphatic carbocycles. The van der Waals surface area contributed by atoms with Crippen LogP contribution in [0.4, 0.5) is 40.8 Å². The Balaban J connectivity index is 0.000000428. The standard InChI is InChI=1S/C18H14F8.C7H10N2.C7H8.C2H5N/c1-10-2-3-11(8-15(10)18(24,25)26)4-12-5-13(7-14(19)6-12)9-17(22,23)16(20)21;1-6-5-7(8-2)3-4-9-6;1-7-5-3-2-4-6-7;1-2-3/h2-3,5-8,16H,4,9H2,1H3;3-5H,1-2H3,(H,8,9);2-6H,1H3;2H,1,3H2.